The summed E-state index contributed by atoms with van der Waals surface area (Å²) in [5.41, 5.74) is 2.05. The van der Waals surface area contributed by atoms with E-state index in [-0.39, 0.29) is 11.3 Å². The van der Waals surface area contributed by atoms with Crippen LogP contribution in [-0.4, -0.2) is 28.0 Å². The van der Waals surface area contributed by atoms with E-state index in [0.717, 1.165) is 0 Å². The lowest BCUT2D eigenvalue weighted by atomic mass is 9.91. The van der Waals surface area contributed by atoms with Crippen molar-refractivity contribution < 1.29 is 14.7 Å². The molecule has 0 radical (unpaired) electrons. The highest BCUT2D eigenvalue weighted by Crippen LogP contribution is 2.26. The number of rotatable bonds is 3. The minimum Gasteiger partial charge on any atom is -0.480 e. The van der Waals surface area contributed by atoms with Crippen LogP contribution < -0.4 is 5.32 Å². The first kappa shape index (κ1) is 13.6. The molecule has 94 valence electrons. The van der Waals surface area contributed by atoms with Crippen molar-refractivity contribution in [2.24, 2.45) is 0 Å². The van der Waals surface area contributed by atoms with Gasteiger partial charge in [0.2, 0.25) is 0 Å². The Labute approximate surface area is 104 Å². The van der Waals surface area contributed by atoms with Crippen molar-refractivity contribution in [3.63, 3.8) is 0 Å². The molecule has 17 heavy (non-hydrogen) atoms. The molecule has 1 aromatic heterocycles. The van der Waals surface area contributed by atoms with Crippen LogP contribution in [0.1, 0.15) is 43.1 Å². The van der Waals surface area contributed by atoms with Gasteiger partial charge in [-0.1, -0.05) is 20.8 Å². The third-order valence-corrected chi connectivity index (χ3v) is 3.03. The minimum atomic E-state index is -1.06. The summed E-state index contributed by atoms with van der Waals surface area (Å²) < 4.78 is 0. The van der Waals surface area contributed by atoms with Gasteiger partial charge in [-0.15, -0.1) is 11.3 Å². The second-order valence-electron chi connectivity index (χ2n) is 4.81. The Morgan fingerprint density at radius 3 is 2.53 bits per heavy atom. The maximum Gasteiger partial charge on any atom is 0.325 e. The quantitative estimate of drug-likeness (QED) is 0.861. The number of nitrogens with one attached hydrogen (secondary N) is 1. The lowest BCUT2D eigenvalue weighted by molar-refractivity contribution is -0.138. The highest BCUT2D eigenvalue weighted by molar-refractivity contribution is 7.11. The molecule has 1 atom stereocenters. The summed E-state index contributed by atoms with van der Waals surface area (Å²) in [6.45, 7) is 7.30. The summed E-state index contributed by atoms with van der Waals surface area (Å²) >= 11 is 1.22. The van der Waals surface area contributed by atoms with Gasteiger partial charge in [0, 0.05) is 5.41 Å². The summed E-state index contributed by atoms with van der Waals surface area (Å²) in [6, 6.07) is -0.905. The second kappa shape index (κ2) is 4.83. The van der Waals surface area contributed by atoms with Gasteiger partial charge in [-0.2, -0.15) is 0 Å². The SMILES string of the molecule is CC(NC(=O)c1scnc1C(C)(C)C)C(=O)O. The van der Waals surface area contributed by atoms with Gasteiger partial charge < -0.3 is 10.4 Å². The molecule has 2 N–H and O–H groups in total. The number of nitrogens with zero attached hydrogens (tertiary/aromatic N) is 1. The van der Waals surface area contributed by atoms with Gasteiger partial charge in [-0.3, -0.25) is 9.59 Å². The molecule has 0 bridgehead atoms. The zero-order valence-electron chi connectivity index (χ0n) is 10.3. The van der Waals surface area contributed by atoms with Crippen LogP contribution in [0.2, 0.25) is 0 Å². The number of aromatic nitrogens is 1. The largest absolute Gasteiger partial charge is 0.480 e. The van der Waals surface area contributed by atoms with Crippen LogP contribution in [0.25, 0.3) is 0 Å². The summed E-state index contributed by atoms with van der Waals surface area (Å²) in [4.78, 5) is 27.2. The van der Waals surface area contributed by atoms with Crippen molar-refractivity contribution in [1.82, 2.24) is 10.3 Å². The van der Waals surface area contributed by atoms with Crippen molar-refractivity contribution in [1.29, 1.82) is 0 Å². The van der Waals surface area contributed by atoms with Crippen molar-refractivity contribution >= 4 is 23.2 Å². The Balaban J connectivity index is 2.91. The molecule has 1 amide bonds. The molecule has 0 fully saturated rings. The zero-order chi connectivity index (χ0) is 13.2. The molecule has 0 aromatic carbocycles. The van der Waals surface area contributed by atoms with Crippen LogP contribution >= 0.6 is 11.3 Å². The fourth-order valence-corrected chi connectivity index (χ4v) is 2.17. The van der Waals surface area contributed by atoms with E-state index in [1.807, 2.05) is 20.8 Å². The van der Waals surface area contributed by atoms with Gasteiger partial charge in [-0.05, 0) is 6.92 Å². The second-order valence-corrected chi connectivity index (χ2v) is 5.67. The molecular formula is C11H16N2O3S. The molecular weight excluding hydrogens is 240 g/mol. The molecule has 0 aliphatic heterocycles. The molecule has 1 heterocycles. The summed E-state index contributed by atoms with van der Waals surface area (Å²) in [6.07, 6.45) is 0. The van der Waals surface area contributed by atoms with E-state index in [9.17, 15) is 9.59 Å². The molecule has 0 saturated heterocycles. The standard InChI is InChI=1S/C11H16N2O3S/c1-6(10(15)16)13-9(14)7-8(11(2,3)4)12-5-17-7/h5-6H,1-4H3,(H,13,14)(H,15,16). The van der Waals surface area contributed by atoms with E-state index in [4.69, 9.17) is 5.11 Å². The van der Waals surface area contributed by atoms with Gasteiger partial charge in [0.1, 0.15) is 10.9 Å². The van der Waals surface area contributed by atoms with Crippen LogP contribution in [0.4, 0.5) is 0 Å². The predicted octanol–water partition coefficient (Wildman–Crippen LogP) is 1.64. The maximum absolute atomic E-state index is 11.9. The van der Waals surface area contributed by atoms with E-state index in [0.29, 0.717) is 10.6 Å². The Bertz CT molecular complexity index is 434. The number of carbonyl (C=O) groups excluding carboxylic acids is 1. The van der Waals surface area contributed by atoms with Crippen LogP contribution in [0.3, 0.4) is 0 Å². The molecule has 1 rings (SSSR count). The third-order valence-electron chi connectivity index (χ3n) is 2.20. The smallest absolute Gasteiger partial charge is 0.325 e. The summed E-state index contributed by atoms with van der Waals surface area (Å²) in [7, 11) is 0. The van der Waals surface area contributed by atoms with Gasteiger partial charge in [0.15, 0.2) is 0 Å². The highest BCUT2D eigenvalue weighted by atomic mass is 32.1. The first-order valence-corrected chi connectivity index (χ1v) is 6.09. The van der Waals surface area contributed by atoms with E-state index < -0.39 is 12.0 Å². The molecule has 0 saturated carbocycles. The fourth-order valence-electron chi connectivity index (χ4n) is 1.27. The Kier molecular flexibility index (Phi) is 3.87. The van der Waals surface area contributed by atoms with Crippen molar-refractivity contribution in [2.45, 2.75) is 39.2 Å². The molecule has 1 unspecified atom stereocenters. The Hall–Kier alpha value is -1.43. The number of thiazole rings is 1. The van der Waals surface area contributed by atoms with Crippen LogP contribution in [0, 0.1) is 0 Å². The number of carbonyl (C=O) groups is 2. The Morgan fingerprint density at radius 1 is 1.47 bits per heavy atom. The lowest BCUT2D eigenvalue weighted by Crippen LogP contribution is -2.38. The number of carboxylic acids is 1. The summed E-state index contributed by atoms with van der Waals surface area (Å²) in [5, 5.41) is 11.2. The van der Waals surface area contributed by atoms with Crippen molar-refractivity contribution in [3.05, 3.63) is 16.1 Å². The molecule has 1 aromatic rings. The summed E-state index contributed by atoms with van der Waals surface area (Å²) in [5.74, 6) is -1.44. The molecule has 0 spiro atoms. The van der Waals surface area contributed by atoms with Crippen molar-refractivity contribution in [3.8, 4) is 0 Å². The maximum atomic E-state index is 11.9. The minimum absolute atomic E-state index is 0.237. The lowest BCUT2D eigenvalue weighted by Gasteiger charge is -2.17. The average Bonchev–Trinajstić information content (AvgIpc) is 2.64. The first-order chi connectivity index (χ1) is 7.73. The van der Waals surface area contributed by atoms with Gasteiger partial charge in [-0.25, -0.2) is 4.98 Å². The third kappa shape index (κ3) is 3.26. The fraction of sp³-hybridized carbons (Fsp3) is 0.545. The number of amides is 1. The van der Waals surface area contributed by atoms with Gasteiger partial charge in [0.25, 0.3) is 5.91 Å². The zero-order valence-corrected chi connectivity index (χ0v) is 11.1. The van der Waals surface area contributed by atoms with Crippen LogP contribution in [0.15, 0.2) is 5.51 Å². The molecule has 0 aliphatic carbocycles. The monoisotopic (exact) mass is 256 g/mol. The van der Waals surface area contributed by atoms with E-state index in [2.05, 4.69) is 10.3 Å². The normalized spacial score (nSPS) is 13.2. The highest BCUT2D eigenvalue weighted by Gasteiger charge is 2.26. The van der Waals surface area contributed by atoms with Crippen LogP contribution in [0.5, 0.6) is 0 Å². The Morgan fingerprint density at radius 2 is 2.06 bits per heavy atom. The van der Waals surface area contributed by atoms with Gasteiger partial charge in [0.05, 0.1) is 11.2 Å². The molecule has 6 heteroatoms. The number of hydrogen-bond donors (Lipinski definition) is 2. The van der Waals surface area contributed by atoms with E-state index >= 15 is 0 Å². The van der Waals surface area contributed by atoms with E-state index in [1.165, 1.54) is 18.3 Å². The topological polar surface area (TPSA) is 79.3 Å². The first-order valence-electron chi connectivity index (χ1n) is 5.21. The number of carboxylic acid groups (broad SMARTS) is 1. The average molecular weight is 256 g/mol. The predicted molar refractivity (Wildman–Crippen MR) is 65.4 cm³/mol. The molecule has 5 nitrogen and oxygen atoms in total. The van der Waals surface area contributed by atoms with Crippen molar-refractivity contribution in [2.75, 3.05) is 0 Å². The van der Waals surface area contributed by atoms with E-state index in [1.54, 1.807) is 5.51 Å². The molecule has 0 aliphatic rings. The number of aliphatic carboxylic acids is 1. The number of hydrogen-bond acceptors (Lipinski definition) is 4. The van der Waals surface area contributed by atoms with Gasteiger partial charge >= 0.3 is 5.97 Å². The van der Waals surface area contributed by atoms with Crippen LogP contribution in [-0.2, 0) is 10.2 Å².